The van der Waals surface area contributed by atoms with E-state index in [0.717, 1.165) is 11.1 Å². The fraction of sp³-hybridized carbons (Fsp3) is 0.276. The smallest absolute Gasteiger partial charge is 0.325 e. The zero-order chi connectivity index (χ0) is 29.1. The summed E-state index contributed by atoms with van der Waals surface area (Å²) < 4.78 is 0. The number of hydrogen-bond donors (Lipinski definition) is 4. The van der Waals surface area contributed by atoms with Crippen LogP contribution >= 0.6 is 0 Å². The molecule has 0 aliphatic carbocycles. The Balaban J connectivity index is 1.91. The van der Waals surface area contributed by atoms with Crippen molar-refractivity contribution in [3.8, 4) is 0 Å². The van der Waals surface area contributed by atoms with Crippen molar-refractivity contribution in [2.75, 3.05) is 0 Å². The number of nitrogens with one attached hydrogen (secondary N) is 3. The Labute approximate surface area is 231 Å². The second-order valence-electron chi connectivity index (χ2n) is 9.60. The first-order chi connectivity index (χ1) is 19.1. The highest BCUT2D eigenvalue weighted by atomic mass is 16.7. The molecule has 11 nitrogen and oxygen atoms in total. The van der Waals surface area contributed by atoms with Gasteiger partial charge in [0.25, 0.3) is 11.7 Å². The number of ketones is 1. The molecule has 3 atom stereocenters. The van der Waals surface area contributed by atoms with Crippen LogP contribution in [-0.4, -0.2) is 57.4 Å². The van der Waals surface area contributed by atoms with Crippen LogP contribution in [0.5, 0.6) is 0 Å². The Hall–Kier alpha value is -4.86. The van der Waals surface area contributed by atoms with Crippen molar-refractivity contribution in [3.05, 3.63) is 95.2 Å². The standard InChI is InChI=1S/C29H31N5O6/c1-19(2)27(33-25(36)14-13-20-9-5-3-6-10-20)23-17-29(40-34-23,16-21-11-7-4-8-12-21)28(39)32-22(15-26(37)38)24(35)18-31-30/h3-14,17-19,22,27,34H,15-16H2,1-2H3,(H,32,39)(H,33,36)(H,37,38)/t22-,27-,29?/m0/s1. The van der Waals surface area contributed by atoms with Crippen molar-refractivity contribution < 1.29 is 33.9 Å². The number of amides is 2. The second-order valence-corrected chi connectivity index (χ2v) is 9.60. The maximum absolute atomic E-state index is 13.6. The summed E-state index contributed by atoms with van der Waals surface area (Å²) in [5.74, 6) is -3.50. The molecule has 3 rings (SSSR count). The topological polar surface area (TPSA) is 170 Å². The first-order valence-electron chi connectivity index (χ1n) is 12.6. The molecule has 0 spiro atoms. The van der Waals surface area contributed by atoms with Gasteiger partial charge >= 0.3 is 12.2 Å². The third-order valence-corrected chi connectivity index (χ3v) is 6.17. The number of hydrogen-bond acceptors (Lipinski definition) is 6. The van der Waals surface area contributed by atoms with Crippen molar-refractivity contribution in [3.63, 3.8) is 0 Å². The molecule has 0 aromatic heterocycles. The van der Waals surface area contributed by atoms with Crippen LogP contribution in [0.3, 0.4) is 0 Å². The van der Waals surface area contributed by atoms with E-state index >= 15 is 0 Å². The van der Waals surface area contributed by atoms with Crippen LogP contribution in [0, 0.1) is 5.92 Å². The number of aliphatic carboxylic acids is 1. The number of carboxylic acid groups (broad SMARTS) is 1. The van der Waals surface area contributed by atoms with E-state index in [1.165, 1.54) is 12.2 Å². The van der Waals surface area contributed by atoms with Gasteiger partial charge in [-0.05, 0) is 29.2 Å². The van der Waals surface area contributed by atoms with Gasteiger partial charge in [0.1, 0.15) is 6.04 Å². The Morgan fingerprint density at radius 1 is 1.05 bits per heavy atom. The predicted octanol–water partition coefficient (Wildman–Crippen LogP) is 2.07. The predicted molar refractivity (Wildman–Crippen MR) is 146 cm³/mol. The maximum atomic E-state index is 13.6. The van der Waals surface area contributed by atoms with Gasteiger partial charge in [-0.2, -0.15) is 4.79 Å². The number of nitrogens with zero attached hydrogens (tertiary/aromatic N) is 2. The number of carbonyl (C=O) groups is 4. The number of Topliss-reactive ketones (excluding diaryl/α,β-unsaturated/α-hetero) is 1. The first-order valence-corrected chi connectivity index (χ1v) is 12.6. The van der Waals surface area contributed by atoms with E-state index in [2.05, 4.69) is 20.9 Å². The summed E-state index contributed by atoms with van der Waals surface area (Å²) in [6.45, 7) is 3.78. The minimum atomic E-state index is -1.69. The van der Waals surface area contributed by atoms with Gasteiger partial charge in [0.05, 0.1) is 18.2 Å². The Morgan fingerprint density at radius 2 is 1.70 bits per heavy atom. The van der Waals surface area contributed by atoms with Gasteiger partial charge in [-0.15, -0.1) is 0 Å². The molecule has 1 aliphatic rings. The Kier molecular flexibility index (Phi) is 10.2. The molecule has 11 heteroatoms. The zero-order valence-electron chi connectivity index (χ0n) is 22.1. The van der Waals surface area contributed by atoms with Gasteiger partial charge in [-0.1, -0.05) is 74.5 Å². The van der Waals surface area contributed by atoms with E-state index in [0.29, 0.717) is 11.9 Å². The van der Waals surface area contributed by atoms with Crippen molar-refractivity contribution in [1.29, 1.82) is 0 Å². The van der Waals surface area contributed by atoms with Crippen molar-refractivity contribution in [2.45, 2.75) is 44.4 Å². The fourth-order valence-electron chi connectivity index (χ4n) is 4.16. The molecule has 1 heterocycles. The van der Waals surface area contributed by atoms with E-state index in [4.69, 9.17) is 10.4 Å². The molecular weight excluding hydrogens is 514 g/mol. The molecule has 1 aliphatic heterocycles. The van der Waals surface area contributed by atoms with Gasteiger partial charge in [-0.3, -0.25) is 29.5 Å². The largest absolute Gasteiger partial charge is 0.481 e. The van der Waals surface area contributed by atoms with Crippen LogP contribution in [-0.2, 0) is 30.4 Å². The quantitative estimate of drug-likeness (QED) is 0.129. The normalized spacial score (nSPS) is 17.7. The monoisotopic (exact) mass is 545 g/mol. The third kappa shape index (κ3) is 8.07. The molecule has 208 valence electrons. The van der Waals surface area contributed by atoms with Crippen molar-refractivity contribution in [2.24, 2.45) is 5.92 Å². The summed E-state index contributed by atoms with van der Waals surface area (Å²) in [4.78, 5) is 58.5. The molecule has 4 N–H and O–H groups in total. The lowest BCUT2D eigenvalue weighted by molar-refractivity contribution is -0.147. The van der Waals surface area contributed by atoms with E-state index in [1.807, 2.05) is 50.2 Å². The van der Waals surface area contributed by atoms with E-state index < -0.39 is 41.8 Å². The molecule has 0 saturated carbocycles. The summed E-state index contributed by atoms with van der Waals surface area (Å²) in [6, 6.07) is 16.2. The molecule has 0 bridgehead atoms. The number of rotatable bonds is 13. The highest BCUT2D eigenvalue weighted by molar-refractivity contribution is 6.28. The van der Waals surface area contributed by atoms with Gasteiger partial charge in [0.2, 0.25) is 5.91 Å². The molecule has 0 saturated heterocycles. The molecular formula is C29H31N5O6. The van der Waals surface area contributed by atoms with Gasteiger partial charge in [-0.25, -0.2) is 0 Å². The van der Waals surface area contributed by atoms with E-state index in [1.54, 1.807) is 30.3 Å². The molecule has 40 heavy (non-hydrogen) atoms. The third-order valence-electron chi connectivity index (χ3n) is 6.17. The van der Waals surface area contributed by atoms with Crippen molar-refractivity contribution in [1.82, 2.24) is 16.1 Å². The lowest BCUT2D eigenvalue weighted by Crippen LogP contribution is -2.54. The Morgan fingerprint density at radius 3 is 2.30 bits per heavy atom. The fourth-order valence-corrected chi connectivity index (χ4v) is 4.16. The summed E-state index contributed by atoms with van der Waals surface area (Å²) in [5, 5.41) is 14.6. The number of carbonyl (C=O) groups excluding carboxylic acids is 3. The second kappa shape index (κ2) is 13.8. The lowest BCUT2D eigenvalue weighted by atomic mass is 9.90. The summed E-state index contributed by atoms with van der Waals surface area (Å²) in [7, 11) is 0. The summed E-state index contributed by atoms with van der Waals surface area (Å²) >= 11 is 0. The lowest BCUT2D eigenvalue weighted by Gasteiger charge is -2.26. The van der Waals surface area contributed by atoms with Gasteiger partial charge < -0.3 is 21.3 Å². The van der Waals surface area contributed by atoms with E-state index in [9.17, 15) is 24.3 Å². The summed E-state index contributed by atoms with van der Waals surface area (Å²) in [6.07, 6.45) is 4.45. The molecule has 2 aromatic rings. The van der Waals surface area contributed by atoms with Crippen molar-refractivity contribution >= 4 is 35.9 Å². The molecule has 0 radical (unpaired) electrons. The average Bonchev–Trinajstić information content (AvgIpc) is 3.35. The van der Waals surface area contributed by atoms with E-state index in [-0.39, 0.29) is 18.2 Å². The van der Waals surface area contributed by atoms with Crippen LogP contribution in [0.2, 0.25) is 0 Å². The van der Waals surface area contributed by atoms with Crippen LogP contribution in [0.25, 0.3) is 11.6 Å². The minimum absolute atomic E-state index is 0.0327. The highest BCUT2D eigenvalue weighted by Crippen LogP contribution is 2.29. The minimum Gasteiger partial charge on any atom is -0.481 e. The Bertz CT molecular complexity index is 1340. The van der Waals surface area contributed by atoms with Crippen LogP contribution in [0.1, 0.15) is 31.4 Å². The average molecular weight is 546 g/mol. The highest BCUT2D eigenvalue weighted by Gasteiger charge is 2.46. The SMILES string of the molecule is CC(C)[C@H](NC(=O)C=Cc1ccccc1)C1=CC(Cc2ccccc2)(C(=O)N[C@@H](CC(=O)O)C(=O)C=[N+]=[N-])ON1. The van der Waals surface area contributed by atoms with Crippen LogP contribution in [0.15, 0.2) is 78.5 Å². The number of benzene rings is 2. The molecule has 2 aromatic carbocycles. The van der Waals surface area contributed by atoms with Crippen LogP contribution < -0.4 is 16.1 Å². The number of carboxylic acids is 1. The number of hydroxylamine groups is 1. The molecule has 0 fully saturated rings. The first kappa shape index (κ1) is 29.7. The van der Waals surface area contributed by atoms with Crippen LogP contribution in [0.4, 0.5) is 0 Å². The van der Waals surface area contributed by atoms with Gasteiger partial charge in [0, 0.05) is 12.5 Å². The molecule has 1 unspecified atom stereocenters. The maximum Gasteiger partial charge on any atom is 0.325 e. The zero-order valence-corrected chi connectivity index (χ0v) is 22.1. The summed E-state index contributed by atoms with van der Waals surface area (Å²) in [5.41, 5.74) is 11.8. The van der Waals surface area contributed by atoms with Gasteiger partial charge in [0.15, 0.2) is 5.60 Å². The molecule has 2 amide bonds.